The Hall–Kier alpha value is -2.41. The highest BCUT2D eigenvalue weighted by Crippen LogP contribution is 2.22. The molecule has 1 heterocycles. The minimum absolute atomic E-state index is 0.0229. The highest BCUT2D eigenvalue weighted by molar-refractivity contribution is 5.99. The zero-order chi connectivity index (χ0) is 20.0. The monoisotopic (exact) mass is 376 g/mol. The Morgan fingerprint density at radius 3 is 2.63 bits per heavy atom. The summed E-state index contributed by atoms with van der Waals surface area (Å²) in [5, 5.41) is 14.7. The van der Waals surface area contributed by atoms with Crippen LogP contribution in [0, 0.1) is 5.41 Å². The summed E-state index contributed by atoms with van der Waals surface area (Å²) in [6, 6.07) is 5.48. The Morgan fingerprint density at radius 2 is 2.04 bits per heavy atom. The molecule has 148 valence electrons. The summed E-state index contributed by atoms with van der Waals surface area (Å²) in [4.78, 5) is 36.1. The maximum atomic E-state index is 12.5. The van der Waals surface area contributed by atoms with Gasteiger partial charge in [-0.3, -0.25) is 9.59 Å². The van der Waals surface area contributed by atoms with Crippen molar-refractivity contribution in [2.75, 3.05) is 11.9 Å². The number of carbonyl (C=O) groups is 3. The number of amides is 2. The summed E-state index contributed by atoms with van der Waals surface area (Å²) in [5.41, 5.74) is 0.747. The van der Waals surface area contributed by atoms with E-state index in [9.17, 15) is 19.5 Å². The molecule has 2 amide bonds. The second kappa shape index (κ2) is 8.99. The molecule has 0 saturated carbocycles. The van der Waals surface area contributed by atoms with E-state index in [1.54, 1.807) is 18.2 Å². The fourth-order valence-electron chi connectivity index (χ4n) is 2.82. The molecule has 0 bridgehead atoms. The lowest BCUT2D eigenvalue weighted by Gasteiger charge is -2.21. The van der Waals surface area contributed by atoms with Crippen molar-refractivity contribution in [2.45, 2.75) is 58.6 Å². The summed E-state index contributed by atoms with van der Waals surface area (Å²) in [7, 11) is 0. The fraction of sp³-hybridized carbons (Fsp3) is 0.550. The third kappa shape index (κ3) is 6.67. The van der Waals surface area contributed by atoms with Crippen LogP contribution in [0.1, 0.15) is 56.8 Å². The van der Waals surface area contributed by atoms with E-state index in [2.05, 4.69) is 10.6 Å². The summed E-state index contributed by atoms with van der Waals surface area (Å²) in [6.07, 6.45) is 2.09. The number of anilines is 1. The molecule has 1 aliphatic rings. The number of benzene rings is 1. The van der Waals surface area contributed by atoms with Crippen LogP contribution in [0.25, 0.3) is 0 Å². The van der Waals surface area contributed by atoms with Gasteiger partial charge in [-0.25, -0.2) is 4.79 Å². The minimum Gasteiger partial charge on any atom is -0.480 e. The fourth-order valence-corrected chi connectivity index (χ4v) is 2.82. The average Bonchev–Trinajstić information content (AvgIpc) is 3.12. The van der Waals surface area contributed by atoms with Gasteiger partial charge in [0.15, 0.2) is 0 Å². The van der Waals surface area contributed by atoms with Crippen molar-refractivity contribution in [3.05, 3.63) is 29.8 Å². The van der Waals surface area contributed by atoms with Crippen molar-refractivity contribution in [3.63, 3.8) is 0 Å². The molecule has 2 atom stereocenters. The summed E-state index contributed by atoms with van der Waals surface area (Å²) >= 11 is 0. The van der Waals surface area contributed by atoms with Gasteiger partial charge in [-0.2, -0.15) is 0 Å². The van der Waals surface area contributed by atoms with Crippen LogP contribution in [0.5, 0.6) is 0 Å². The minimum atomic E-state index is -1.06. The molecule has 2 unspecified atom stereocenters. The average molecular weight is 376 g/mol. The van der Waals surface area contributed by atoms with Crippen molar-refractivity contribution in [1.82, 2.24) is 5.32 Å². The van der Waals surface area contributed by atoms with Crippen molar-refractivity contribution >= 4 is 23.5 Å². The van der Waals surface area contributed by atoms with Gasteiger partial charge in [0.2, 0.25) is 0 Å². The number of carbonyl (C=O) groups excluding carboxylic acids is 2. The first-order chi connectivity index (χ1) is 12.7. The lowest BCUT2D eigenvalue weighted by Crippen LogP contribution is -2.41. The summed E-state index contributed by atoms with van der Waals surface area (Å²) in [6.45, 7) is 6.64. The molecule has 0 aromatic heterocycles. The number of carboxylic acids is 1. The first-order valence-electron chi connectivity index (χ1n) is 9.22. The van der Waals surface area contributed by atoms with Gasteiger partial charge in [0.05, 0.1) is 0 Å². The van der Waals surface area contributed by atoms with E-state index in [1.165, 1.54) is 6.07 Å². The summed E-state index contributed by atoms with van der Waals surface area (Å²) in [5.74, 6) is -1.78. The molecular weight excluding hydrogens is 348 g/mol. The largest absolute Gasteiger partial charge is 0.480 e. The van der Waals surface area contributed by atoms with Crippen LogP contribution in [0.15, 0.2) is 24.3 Å². The van der Waals surface area contributed by atoms with Gasteiger partial charge in [-0.05, 0) is 49.3 Å². The molecule has 1 aromatic carbocycles. The molecule has 1 aliphatic heterocycles. The summed E-state index contributed by atoms with van der Waals surface area (Å²) < 4.78 is 5.34. The Morgan fingerprint density at radius 1 is 1.30 bits per heavy atom. The first kappa shape index (κ1) is 20.9. The zero-order valence-electron chi connectivity index (χ0n) is 16.1. The number of ether oxygens (including phenoxy) is 1. The van der Waals surface area contributed by atoms with E-state index >= 15 is 0 Å². The van der Waals surface area contributed by atoms with Gasteiger partial charge in [-0.1, -0.05) is 26.8 Å². The Balaban J connectivity index is 2.00. The number of rotatable bonds is 7. The molecule has 0 spiro atoms. The predicted octanol–water partition coefficient (Wildman–Crippen LogP) is 2.81. The molecule has 27 heavy (non-hydrogen) atoms. The zero-order valence-corrected chi connectivity index (χ0v) is 16.1. The second-order valence-electron chi connectivity index (χ2n) is 8.04. The molecule has 1 aromatic rings. The number of hydrogen-bond acceptors (Lipinski definition) is 4. The van der Waals surface area contributed by atoms with Crippen molar-refractivity contribution in [2.24, 2.45) is 5.41 Å². The van der Waals surface area contributed by atoms with Crippen molar-refractivity contribution in [3.8, 4) is 0 Å². The van der Waals surface area contributed by atoms with E-state index in [1.807, 2.05) is 20.8 Å². The third-order valence-electron chi connectivity index (χ3n) is 4.40. The maximum absolute atomic E-state index is 12.5. The quantitative estimate of drug-likeness (QED) is 0.679. The van der Waals surface area contributed by atoms with Gasteiger partial charge in [0, 0.05) is 17.9 Å². The van der Waals surface area contributed by atoms with Gasteiger partial charge in [0.25, 0.3) is 11.8 Å². The van der Waals surface area contributed by atoms with Crippen LogP contribution in [0.2, 0.25) is 0 Å². The Labute approximate surface area is 159 Å². The molecule has 1 fully saturated rings. The Kier molecular flexibility index (Phi) is 6.96. The van der Waals surface area contributed by atoms with Crippen LogP contribution in [-0.2, 0) is 14.3 Å². The molecule has 2 rings (SSSR count). The van der Waals surface area contributed by atoms with Gasteiger partial charge >= 0.3 is 5.97 Å². The highest BCUT2D eigenvalue weighted by Gasteiger charge is 2.25. The topological polar surface area (TPSA) is 105 Å². The number of carboxylic acid groups (broad SMARTS) is 1. The Bertz CT molecular complexity index is 690. The smallest absolute Gasteiger partial charge is 0.326 e. The van der Waals surface area contributed by atoms with E-state index in [0.717, 1.165) is 6.42 Å². The second-order valence-corrected chi connectivity index (χ2v) is 8.04. The van der Waals surface area contributed by atoms with Crippen LogP contribution in [0.4, 0.5) is 5.69 Å². The third-order valence-corrected chi connectivity index (χ3v) is 4.40. The molecular formula is C20H28N2O5. The molecule has 7 heteroatoms. The molecule has 7 nitrogen and oxygen atoms in total. The number of hydrogen-bond donors (Lipinski definition) is 3. The normalized spacial score (nSPS) is 18.0. The van der Waals surface area contributed by atoms with Crippen LogP contribution >= 0.6 is 0 Å². The lowest BCUT2D eigenvalue weighted by atomic mass is 9.88. The number of aliphatic carboxylic acids is 1. The van der Waals surface area contributed by atoms with Gasteiger partial charge < -0.3 is 20.5 Å². The van der Waals surface area contributed by atoms with Crippen LogP contribution in [-0.4, -0.2) is 41.6 Å². The van der Waals surface area contributed by atoms with Gasteiger partial charge in [-0.15, -0.1) is 0 Å². The standard InChI is InChI=1S/C20H28N2O5/c1-20(2,3)10-9-15(19(25)26)22-17(23)13-6-4-7-14(12-13)21-18(24)16-8-5-11-27-16/h4,6-7,12,15-16H,5,8-11H2,1-3H3,(H,21,24)(H,22,23)(H,25,26). The highest BCUT2D eigenvalue weighted by atomic mass is 16.5. The van der Waals surface area contributed by atoms with E-state index < -0.39 is 24.0 Å². The number of nitrogens with one attached hydrogen (secondary N) is 2. The molecule has 3 N–H and O–H groups in total. The van der Waals surface area contributed by atoms with Crippen molar-refractivity contribution < 1.29 is 24.2 Å². The van der Waals surface area contributed by atoms with E-state index in [-0.39, 0.29) is 11.3 Å². The first-order valence-corrected chi connectivity index (χ1v) is 9.22. The van der Waals surface area contributed by atoms with Gasteiger partial charge in [0.1, 0.15) is 12.1 Å². The van der Waals surface area contributed by atoms with Crippen LogP contribution in [0.3, 0.4) is 0 Å². The van der Waals surface area contributed by atoms with E-state index in [4.69, 9.17) is 4.74 Å². The predicted molar refractivity (Wildman–Crippen MR) is 102 cm³/mol. The maximum Gasteiger partial charge on any atom is 0.326 e. The van der Waals surface area contributed by atoms with Crippen molar-refractivity contribution in [1.29, 1.82) is 0 Å². The molecule has 0 radical (unpaired) electrons. The molecule has 1 saturated heterocycles. The van der Waals surface area contributed by atoms with Crippen LogP contribution < -0.4 is 10.6 Å². The van der Waals surface area contributed by atoms with E-state index in [0.29, 0.717) is 37.1 Å². The SMILES string of the molecule is CC(C)(C)CCC(NC(=O)c1cccc(NC(=O)C2CCCO2)c1)C(=O)O. The molecule has 0 aliphatic carbocycles. The lowest BCUT2D eigenvalue weighted by molar-refractivity contribution is -0.139.